The molecular weight excluding hydrogens is 352 g/mol. The van der Waals surface area contributed by atoms with Crippen LogP contribution < -0.4 is 0 Å². The van der Waals surface area contributed by atoms with Gasteiger partial charge in [-0.05, 0) is 58.2 Å². The molecule has 1 atom stereocenters. The summed E-state index contributed by atoms with van der Waals surface area (Å²) in [6, 6.07) is 7.54. The molecule has 1 unspecified atom stereocenters. The number of amides is 2. The van der Waals surface area contributed by atoms with E-state index in [0.29, 0.717) is 31.0 Å². The van der Waals surface area contributed by atoms with E-state index in [1.54, 1.807) is 9.80 Å². The van der Waals surface area contributed by atoms with Gasteiger partial charge in [0.1, 0.15) is 5.60 Å². The first kappa shape index (κ1) is 20.6. The molecule has 2 rings (SSSR count). The smallest absolute Gasteiger partial charge is 0.410 e. The van der Waals surface area contributed by atoms with Crippen LogP contribution in [0.2, 0.25) is 5.02 Å². The van der Waals surface area contributed by atoms with E-state index in [1.807, 2.05) is 59.0 Å². The Hall–Kier alpha value is -1.75. The van der Waals surface area contributed by atoms with Crippen molar-refractivity contribution in [3.63, 3.8) is 0 Å². The van der Waals surface area contributed by atoms with E-state index < -0.39 is 5.60 Å². The van der Waals surface area contributed by atoms with Gasteiger partial charge in [0.2, 0.25) is 5.91 Å². The molecule has 1 aliphatic heterocycles. The van der Waals surface area contributed by atoms with E-state index in [-0.39, 0.29) is 24.0 Å². The summed E-state index contributed by atoms with van der Waals surface area (Å²) in [7, 11) is 1.84. The molecule has 0 spiro atoms. The normalized spacial score (nSPS) is 16.9. The fraction of sp³-hybridized carbons (Fsp3) is 0.600. The highest BCUT2D eigenvalue weighted by molar-refractivity contribution is 6.30. The van der Waals surface area contributed by atoms with Gasteiger partial charge in [0.05, 0.1) is 6.04 Å². The number of carbonyl (C=O) groups is 2. The molecule has 1 aromatic carbocycles. The Balaban J connectivity index is 1.91. The van der Waals surface area contributed by atoms with Crippen molar-refractivity contribution in [1.82, 2.24) is 9.80 Å². The van der Waals surface area contributed by atoms with Gasteiger partial charge in [-0.25, -0.2) is 4.79 Å². The summed E-state index contributed by atoms with van der Waals surface area (Å²) in [5.74, 6) is 0.0599. The Bertz CT molecular complexity index is 631. The van der Waals surface area contributed by atoms with Gasteiger partial charge in [0.15, 0.2) is 0 Å². The van der Waals surface area contributed by atoms with Crippen molar-refractivity contribution in [2.24, 2.45) is 5.92 Å². The molecule has 1 aromatic rings. The lowest BCUT2D eigenvalue weighted by Gasteiger charge is -2.35. The number of piperidine rings is 1. The van der Waals surface area contributed by atoms with Crippen LogP contribution in [-0.2, 0) is 9.53 Å². The minimum absolute atomic E-state index is 0.0244. The lowest BCUT2D eigenvalue weighted by molar-refractivity contribution is -0.137. The highest BCUT2D eigenvalue weighted by Gasteiger charge is 2.32. The Labute approximate surface area is 161 Å². The largest absolute Gasteiger partial charge is 0.444 e. The van der Waals surface area contributed by atoms with Crippen molar-refractivity contribution in [2.45, 2.75) is 52.2 Å². The Morgan fingerprint density at radius 2 is 1.73 bits per heavy atom. The maximum absolute atomic E-state index is 12.9. The fourth-order valence-electron chi connectivity index (χ4n) is 3.08. The van der Waals surface area contributed by atoms with Crippen LogP contribution in [0.5, 0.6) is 0 Å². The van der Waals surface area contributed by atoms with Crippen molar-refractivity contribution in [3.05, 3.63) is 34.9 Å². The Morgan fingerprint density at radius 3 is 2.23 bits per heavy atom. The van der Waals surface area contributed by atoms with E-state index in [1.165, 1.54) is 0 Å². The van der Waals surface area contributed by atoms with Crippen LogP contribution in [0.3, 0.4) is 0 Å². The minimum Gasteiger partial charge on any atom is -0.444 e. The molecule has 0 aromatic heterocycles. The predicted molar refractivity (Wildman–Crippen MR) is 103 cm³/mol. The number of benzene rings is 1. The van der Waals surface area contributed by atoms with Crippen molar-refractivity contribution in [1.29, 1.82) is 0 Å². The predicted octanol–water partition coefficient (Wildman–Crippen LogP) is 4.51. The molecule has 144 valence electrons. The number of ether oxygens (including phenoxy) is 1. The van der Waals surface area contributed by atoms with E-state index in [2.05, 4.69) is 0 Å². The SMILES string of the molecule is CC(c1ccc(Cl)cc1)N(C)C(=O)C1CCN(C(=O)OC(C)(C)C)CC1. The highest BCUT2D eigenvalue weighted by atomic mass is 35.5. The number of rotatable bonds is 3. The molecule has 5 nitrogen and oxygen atoms in total. The lowest BCUT2D eigenvalue weighted by atomic mass is 9.94. The number of hydrogen-bond donors (Lipinski definition) is 0. The number of nitrogens with zero attached hydrogens (tertiary/aromatic N) is 2. The number of hydrogen-bond acceptors (Lipinski definition) is 3. The summed E-state index contributed by atoms with van der Waals surface area (Å²) in [5, 5.41) is 0.685. The average molecular weight is 381 g/mol. The molecule has 0 aliphatic carbocycles. The van der Waals surface area contributed by atoms with Gasteiger partial charge in [0, 0.05) is 31.1 Å². The highest BCUT2D eigenvalue weighted by Crippen LogP contribution is 2.26. The summed E-state index contributed by atoms with van der Waals surface area (Å²) >= 11 is 5.94. The Kier molecular flexibility index (Phi) is 6.56. The molecule has 2 amide bonds. The van der Waals surface area contributed by atoms with Crippen LogP contribution in [0.15, 0.2) is 24.3 Å². The second kappa shape index (κ2) is 8.30. The van der Waals surface area contributed by atoms with Crippen LogP contribution in [0, 0.1) is 5.92 Å². The quantitative estimate of drug-likeness (QED) is 0.775. The molecule has 0 radical (unpaired) electrons. The van der Waals surface area contributed by atoms with E-state index in [4.69, 9.17) is 16.3 Å². The molecule has 0 bridgehead atoms. The summed E-state index contributed by atoms with van der Waals surface area (Å²) in [5.41, 5.74) is 0.550. The van der Waals surface area contributed by atoms with Crippen molar-refractivity contribution in [2.75, 3.05) is 20.1 Å². The zero-order valence-electron chi connectivity index (χ0n) is 16.3. The lowest BCUT2D eigenvalue weighted by Crippen LogP contribution is -2.45. The van der Waals surface area contributed by atoms with Crippen molar-refractivity contribution < 1.29 is 14.3 Å². The standard InChI is InChI=1S/C20H29ClN2O3/c1-14(15-6-8-17(21)9-7-15)22(5)18(24)16-10-12-23(13-11-16)19(25)26-20(2,3)4/h6-9,14,16H,10-13H2,1-5H3. The monoisotopic (exact) mass is 380 g/mol. The molecule has 26 heavy (non-hydrogen) atoms. The summed E-state index contributed by atoms with van der Waals surface area (Å²) in [4.78, 5) is 28.5. The summed E-state index contributed by atoms with van der Waals surface area (Å²) in [6.07, 6.45) is 1.03. The van der Waals surface area contributed by atoms with Gasteiger partial charge in [0.25, 0.3) is 0 Å². The van der Waals surface area contributed by atoms with Crippen molar-refractivity contribution in [3.8, 4) is 0 Å². The molecule has 1 fully saturated rings. The second-order valence-corrected chi connectivity index (χ2v) is 8.35. The summed E-state index contributed by atoms with van der Waals surface area (Å²) in [6.45, 7) is 8.68. The summed E-state index contributed by atoms with van der Waals surface area (Å²) < 4.78 is 5.41. The third-order valence-corrected chi connectivity index (χ3v) is 5.03. The number of likely N-dealkylation sites (tertiary alicyclic amines) is 1. The van der Waals surface area contributed by atoms with Gasteiger partial charge >= 0.3 is 6.09 Å². The van der Waals surface area contributed by atoms with Gasteiger partial charge < -0.3 is 14.5 Å². The van der Waals surface area contributed by atoms with E-state index in [0.717, 1.165) is 5.56 Å². The topological polar surface area (TPSA) is 49.9 Å². The molecule has 0 saturated carbocycles. The first-order valence-corrected chi connectivity index (χ1v) is 9.46. The first-order chi connectivity index (χ1) is 12.1. The maximum atomic E-state index is 12.9. The van der Waals surface area contributed by atoms with Gasteiger partial charge in [-0.2, -0.15) is 0 Å². The average Bonchev–Trinajstić information content (AvgIpc) is 2.59. The van der Waals surface area contributed by atoms with Crippen LogP contribution >= 0.6 is 11.6 Å². The number of halogens is 1. The second-order valence-electron chi connectivity index (χ2n) is 7.92. The van der Waals surface area contributed by atoms with Crippen LogP contribution in [0.25, 0.3) is 0 Å². The molecule has 0 N–H and O–H groups in total. The first-order valence-electron chi connectivity index (χ1n) is 9.08. The molecular formula is C20H29ClN2O3. The van der Waals surface area contributed by atoms with Crippen molar-refractivity contribution >= 4 is 23.6 Å². The molecule has 1 heterocycles. The van der Waals surface area contributed by atoms with Crippen LogP contribution in [-0.4, -0.2) is 47.5 Å². The molecule has 6 heteroatoms. The zero-order valence-corrected chi connectivity index (χ0v) is 17.0. The van der Waals surface area contributed by atoms with Crippen LogP contribution in [0.1, 0.15) is 52.1 Å². The van der Waals surface area contributed by atoms with Gasteiger partial charge in [-0.15, -0.1) is 0 Å². The van der Waals surface area contributed by atoms with E-state index >= 15 is 0 Å². The third-order valence-electron chi connectivity index (χ3n) is 4.78. The third kappa shape index (κ3) is 5.37. The molecule has 1 aliphatic rings. The Morgan fingerprint density at radius 1 is 1.19 bits per heavy atom. The molecule has 1 saturated heterocycles. The number of carbonyl (C=O) groups excluding carboxylic acids is 2. The fourth-order valence-corrected chi connectivity index (χ4v) is 3.21. The zero-order chi connectivity index (χ0) is 19.5. The minimum atomic E-state index is -0.502. The van der Waals surface area contributed by atoms with Gasteiger partial charge in [-0.3, -0.25) is 4.79 Å². The van der Waals surface area contributed by atoms with Crippen LogP contribution in [0.4, 0.5) is 4.79 Å². The van der Waals surface area contributed by atoms with E-state index in [9.17, 15) is 9.59 Å². The maximum Gasteiger partial charge on any atom is 0.410 e. The van der Waals surface area contributed by atoms with Gasteiger partial charge in [-0.1, -0.05) is 23.7 Å².